The van der Waals surface area contributed by atoms with Crippen LogP contribution in [0.1, 0.15) is 17.5 Å². The Kier molecular flexibility index (Phi) is 4.72. The molecule has 0 unspecified atom stereocenters. The largest absolute Gasteiger partial charge is 0.416 e. The predicted octanol–water partition coefficient (Wildman–Crippen LogP) is 2.56. The molecule has 18 heavy (non-hydrogen) atoms. The zero-order valence-electron chi connectivity index (χ0n) is 10.2. The second kappa shape index (κ2) is 5.86. The molecule has 0 aliphatic rings. The number of hydrogen-bond donors (Lipinski definition) is 2. The van der Waals surface area contributed by atoms with Gasteiger partial charge in [0, 0.05) is 18.7 Å². The molecule has 0 radical (unpaired) electrons. The van der Waals surface area contributed by atoms with Crippen LogP contribution in [0, 0.1) is 6.92 Å². The van der Waals surface area contributed by atoms with Gasteiger partial charge < -0.3 is 10.6 Å². The van der Waals surface area contributed by atoms with E-state index in [1.807, 2.05) is 0 Å². The van der Waals surface area contributed by atoms with Gasteiger partial charge in [0.05, 0.1) is 5.56 Å². The van der Waals surface area contributed by atoms with E-state index >= 15 is 0 Å². The fourth-order valence-corrected chi connectivity index (χ4v) is 1.38. The van der Waals surface area contributed by atoms with Crippen LogP contribution in [0.2, 0.25) is 0 Å². The van der Waals surface area contributed by atoms with Gasteiger partial charge in [0.1, 0.15) is 0 Å². The summed E-state index contributed by atoms with van der Waals surface area (Å²) < 4.78 is 37.6. The summed E-state index contributed by atoms with van der Waals surface area (Å²) in [7, 11) is 1.70. The second-order valence-electron chi connectivity index (χ2n) is 3.93. The van der Waals surface area contributed by atoms with Crippen molar-refractivity contribution in [1.82, 2.24) is 5.32 Å². The number of amides is 1. The molecule has 0 aliphatic carbocycles. The van der Waals surface area contributed by atoms with E-state index in [0.717, 1.165) is 12.1 Å². The average Bonchev–Trinajstić information content (AvgIpc) is 2.28. The van der Waals surface area contributed by atoms with Crippen LogP contribution in [0.3, 0.4) is 0 Å². The number of aryl methyl sites for hydroxylation is 1. The van der Waals surface area contributed by atoms with Crippen LogP contribution >= 0.6 is 0 Å². The number of hydrogen-bond acceptors (Lipinski definition) is 2. The highest BCUT2D eigenvalue weighted by Gasteiger charge is 2.30. The van der Waals surface area contributed by atoms with E-state index in [1.54, 1.807) is 14.0 Å². The smallest absolute Gasteiger partial charge is 0.326 e. The molecule has 100 valence electrons. The third kappa shape index (κ3) is 4.03. The van der Waals surface area contributed by atoms with Gasteiger partial charge in [-0.2, -0.15) is 13.2 Å². The van der Waals surface area contributed by atoms with E-state index in [4.69, 9.17) is 0 Å². The van der Waals surface area contributed by atoms with Crippen LogP contribution < -0.4 is 10.6 Å². The lowest BCUT2D eigenvalue weighted by Crippen LogP contribution is -2.19. The van der Waals surface area contributed by atoms with E-state index in [2.05, 4.69) is 10.6 Å². The number of carbonyl (C=O) groups excluding carboxylic acids is 1. The van der Waals surface area contributed by atoms with Gasteiger partial charge in [-0.25, -0.2) is 0 Å². The maximum absolute atomic E-state index is 12.5. The summed E-state index contributed by atoms with van der Waals surface area (Å²) in [5.74, 6) is -0.313. The van der Waals surface area contributed by atoms with E-state index in [-0.39, 0.29) is 18.0 Å². The molecular formula is C12H15F3N2O. The van der Waals surface area contributed by atoms with Crippen molar-refractivity contribution in [3.05, 3.63) is 29.3 Å². The van der Waals surface area contributed by atoms with Crippen molar-refractivity contribution in [1.29, 1.82) is 0 Å². The number of rotatable bonds is 4. The summed E-state index contributed by atoms with van der Waals surface area (Å²) in [6, 6.07) is 3.29. The monoisotopic (exact) mass is 260 g/mol. The molecular weight excluding hydrogens is 245 g/mol. The zero-order chi connectivity index (χ0) is 13.8. The van der Waals surface area contributed by atoms with Gasteiger partial charge in [-0.15, -0.1) is 0 Å². The van der Waals surface area contributed by atoms with Crippen LogP contribution in [-0.4, -0.2) is 19.5 Å². The maximum Gasteiger partial charge on any atom is 0.416 e. The molecule has 0 saturated carbocycles. The van der Waals surface area contributed by atoms with Crippen molar-refractivity contribution in [3.8, 4) is 0 Å². The van der Waals surface area contributed by atoms with Gasteiger partial charge in [-0.3, -0.25) is 4.79 Å². The molecule has 0 heterocycles. The Bertz CT molecular complexity index is 430. The van der Waals surface area contributed by atoms with E-state index in [9.17, 15) is 18.0 Å². The minimum atomic E-state index is -4.40. The van der Waals surface area contributed by atoms with Crippen molar-refractivity contribution in [2.45, 2.75) is 19.5 Å². The number of carbonyl (C=O) groups is 1. The van der Waals surface area contributed by atoms with E-state index in [1.165, 1.54) is 6.07 Å². The highest BCUT2D eigenvalue weighted by molar-refractivity contribution is 5.91. The van der Waals surface area contributed by atoms with Gasteiger partial charge in [-0.1, -0.05) is 6.07 Å². The number of anilines is 1. The molecule has 0 saturated heterocycles. The number of alkyl halides is 3. The van der Waals surface area contributed by atoms with Gasteiger partial charge >= 0.3 is 6.18 Å². The van der Waals surface area contributed by atoms with Gasteiger partial charge in [-0.05, 0) is 31.7 Å². The summed E-state index contributed by atoms with van der Waals surface area (Å²) in [6.45, 7) is 2.12. The Morgan fingerprint density at radius 1 is 1.33 bits per heavy atom. The SMILES string of the molecule is CNCCC(=O)Nc1cc(C(F)(F)F)ccc1C. The van der Waals surface area contributed by atoms with Crippen molar-refractivity contribution in [3.63, 3.8) is 0 Å². The summed E-state index contributed by atoms with van der Waals surface area (Å²) in [5.41, 5.74) is 0.0313. The van der Waals surface area contributed by atoms with Crippen LogP contribution in [0.4, 0.5) is 18.9 Å². The lowest BCUT2D eigenvalue weighted by Gasteiger charge is -2.12. The minimum absolute atomic E-state index is 0.200. The van der Waals surface area contributed by atoms with Crippen LogP contribution in [-0.2, 0) is 11.0 Å². The molecule has 1 amide bonds. The summed E-state index contributed by atoms with van der Waals surface area (Å²) in [5, 5.41) is 5.27. The maximum atomic E-state index is 12.5. The molecule has 1 aromatic carbocycles. The van der Waals surface area contributed by atoms with E-state index < -0.39 is 11.7 Å². The normalized spacial score (nSPS) is 11.4. The van der Waals surface area contributed by atoms with Gasteiger partial charge in [0.25, 0.3) is 0 Å². The van der Waals surface area contributed by atoms with Crippen molar-refractivity contribution >= 4 is 11.6 Å². The fourth-order valence-electron chi connectivity index (χ4n) is 1.38. The predicted molar refractivity (Wildman–Crippen MR) is 63.4 cm³/mol. The molecule has 0 aliphatic heterocycles. The quantitative estimate of drug-likeness (QED) is 0.873. The fraction of sp³-hybridized carbons (Fsp3) is 0.417. The Morgan fingerprint density at radius 3 is 2.56 bits per heavy atom. The Hall–Kier alpha value is -1.56. The van der Waals surface area contributed by atoms with Crippen LogP contribution in [0.25, 0.3) is 0 Å². The third-order valence-electron chi connectivity index (χ3n) is 2.44. The lowest BCUT2D eigenvalue weighted by molar-refractivity contribution is -0.137. The Morgan fingerprint density at radius 2 is 2.00 bits per heavy atom. The number of halogens is 3. The summed E-state index contributed by atoms with van der Waals surface area (Å²) in [6.07, 6.45) is -4.19. The molecule has 1 rings (SSSR count). The molecule has 6 heteroatoms. The highest BCUT2D eigenvalue weighted by Crippen LogP contribution is 2.32. The summed E-state index contributed by atoms with van der Waals surface area (Å²) >= 11 is 0. The van der Waals surface area contributed by atoms with Crippen LogP contribution in [0.5, 0.6) is 0 Å². The number of nitrogens with one attached hydrogen (secondary N) is 2. The van der Waals surface area contributed by atoms with Crippen molar-refractivity contribution < 1.29 is 18.0 Å². The first-order valence-electron chi connectivity index (χ1n) is 5.47. The molecule has 0 fully saturated rings. The molecule has 0 aromatic heterocycles. The lowest BCUT2D eigenvalue weighted by atomic mass is 10.1. The topological polar surface area (TPSA) is 41.1 Å². The Labute approximate surface area is 103 Å². The van der Waals surface area contributed by atoms with Gasteiger partial charge in [0.2, 0.25) is 5.91 Å². The van der Waals surface area contributed by atoms with Gasteiger partial charge in [0.15, 0.2) is 0 Å². The first-order valence-corrected chi connectivity index (χ1v) is 5.47. The first kappa shape index (κ1) is 14.5. The minimum Gasteiger partial charge on any atom is -0.326 e. The molecule has 0 spiro atoms. The first-order chi connectivity index (χ1) is 8.34. The van der Waals surface area contributed by atoms with Crippen LogP contribution in [0.15, 0.2) is 18.2 Å². The van der Waals surface area contributed by atoms with E-state index in [0.29, 0.717) is 12.1 Å². The number of benzene rings is 1. The molecule has 1 aromatic rings. The third-order valence-corrected chi connectivity index (χ3v) is 2.44. The summed E-state index contributed by atoms with van der Waals surface area (Å²) in [4.78, 5) is 11.5. The van der Waals surface area contributed by atoms with Crippen molar-refractivity contribution in [2.75, 3.05) is 18.9 Å². The molecule has 0 atom stereocenters. The zero-order valence-corrected chi connectivity index (χ0v) is 10.2. The molecule has 3 nitrogen and oxygen atoms in total. The Balaban J connectivity index is 2.85. The molecule has 2 N–H and O–H groups in total. The van der Waals surface area contributed by atoms with Crippen molar-refractivity contribution in [2.24, 2.45) is 0 Å². The highest BCUT2D eigenvalue weighted by atomic mass is 19.4. The second-order valence-corrected chi connectivity index (χ2v) is 3.93. The molecule has 0 bridgehead atoms. The standard InChI is InChI=1S/C12H15F3N2O/c1-8-3-4-9(12(13,14)15)7-10(8)17-11(18)5-6-16-2/h3-4,7,16H,5-6H2,1-2H3,(H,17,18). The average molecular weight is 260 g/mol.